The van der Waals surface area contributed by atoms with Gasteiger partial charge in [0.1, 0.15) is 5.50 Å². The molecule has 1 heterocycles. The van der Waals surface area contributed by atoms with Crippen LogP contribution in [0.4, 0.5) is 0 Å². The fourth-order valence-electron chi connectivity index (χ4n) is 2.09. The minimum atomic E-state index is -0.301. The van der Waals surface area contributed by atoms with Gasteiger partial charge in [0.2, 0.25) is 0 Å². The van der Waals surface area contributed by atoms with Crippen LogP contribution < -0.4 is 16.2 Å². The minimum absolute atomic E-state index is 0.0558. The monoisotopic (exact) mass is 363 g/mol. The Morgan fingerprint density at radius 2 is 2.00 bits per heavy atom. The number of rotatable bonds is 6. The quantitative estimate of drug-likeness (QED) is 0.582. The summed E-state index contributed by atoms with van der Waals surface area (Å²) < 4.78 is 0. The van der Waals surface area contributed by atoms with E-state index in [4.69, 9.17) is 23.2 Å². The molecule has 8 heteroatoms. The summed E-state index contributed by atoms with van der Waals surface area (Å²) in [6.07, 6.45) is 4.61. The molecule has 0 aromatic heterocycles. The second-order valence-electron chi connectivity index (χ2n) is 5.05. The Balaban J connectivity index is 1.88. The fraction of sp³-hybridized carbons (Fsp3) is 0.500. The number of unbranched alkanes of at least 4 members (excludes halogenated alkanes) is 2. The van der Waals surface area contributed by atoms with E-state index in [1.54, 1.807) is 11.8 Å². The van der Waals surface area contributed by atoms with E-state index in [1.165, 1.54) is 25.0 Å². The molecule has 0 spiro atoms. The largest absolute Gasteiger partial charge is 0.505 e. The fourth-order valence-corrected chi connectivity index (χ4v) is 3.66. The van der Waals surface area contributed by atoms with Crippen LogP contribution in [0.5, 0.6) is 5.75 Å². The van der Waals surface area contributed by atoms with Crippen LogP contribution in [-0.2, 0) is 0 Å². The van der Waals surface area contributed by atoms with Crippen molar-refractivity contribution >= 4 is 40.9 Å². The third-order valence-electron chi connectivity index (χ3n) is 3.29. The third kappa shape index (κ3) is 4.67. The van der Waals surface area contributed by atoms with Crippen LogP contribution in [0.3, 0.4) is 0 Å². The van der Waals surface area contributed by atoms with E-state index in [1.807, 2.05) is 0 Å². The Hall–Kier alpha value is -0.660. The van der Waals surface area contributed by atoms with Crippen molar-refractivity contribution in [2.75, 3.05) is 0 Å². The number of hydrogen-bond acceptors (Lipinski definition) is 5. The Morgan fingerprint density at radius 3 is 2.64 bits per heavy atom. The van der Waals surface area contributed by atoms with Gasteiger partial charge in [0.25, 0.3) is 5.91 Å². The lowest BCUT2D eigenvalue weighted by Gasteiger charge is -2.12. The van der Waals surface area contributed by atoms with Gasteiger partial charge in [0.15, 0.2) is 5.75 Å². The zero-order valence-corrected chi connectivity index (χ0v) is 14.5. The van der Waals surface area contributed by atoms with Crippen LogP contribution >= 0.6 is 35.0 Å². The molecule has 2 unspecified atom stereocenters. The van der Waals surface area contributed by atoms with Crippen molar-refractivity contribution in [3.63, 3.8) is 0 Å². The van der Waals surface area contributed by atoms with Crippen molar-refractivity contribution in [3.8, 4) is 5.75 Å². The van der Waals surface area contributed by atoms with Gasteiger partial charge in [-0.2, -0.15) is 0 Å². The molecule has 0 radical (unpaired) electrons. The molecular formula is C14H19Cl2N3O2S. The maximum absolute atomic E-state index is 12.2. The molecule has 0 saturated carbocycles. The van der Waals surface area contributed by atoms with Gasteiger partial charge in [-0.25, -0.2) is 10.9 Å². The van der Waals surface area contributed by atoms with Crippen molar-refractivity contribution < 1.29 is 9.90 Å². The molecule has 1 amide bonds. The summed E-state index contributed by atoms with van der Waals surface area (Å²) in [7, 11) is 0. The summed E-state index contributed by atoms with van der Waals surface area (Å²) in [5.74, 6) is -0.518. The first-order chi connectivity index (χ1) is 10.5. The molecule has 1 aliphatic heterocycles. The third-order valence-corrected chi connectivity index (χ3v) is 5.05. The van der Waals surface area contributed by atoms with Gasteiger partial charge < -0.3 is 10.4 Å². The molecule has 2 rings (SSSR count). The van der Waals surface area contributed by atoms with Gasteiger partial charge in [-0.15, -0.1) is 0 Å². The van der Waals surface area contributed by atoms with Gasteiger partial charge in [-0.05, 0) is 18.6 Å². The number of hydrogen-bond donors (Lipinski definition) is 4. The average molecular weight is 364 g/mol. The highest BCUT2D eigenvalue weighted by atomic mass is 35.5. The maximum atomic E-state index is 12.2. The number of phenolic OH excluding ortho intramolecular Hbond substituents is 1. The predicted octanol–water partition coefficient (Wildman–Crippen LogP) is 3.46. The summed E-state index contributed by atoms with van der Waals surface area (Å²) in [6, 6.07) is 2.79. The summed E-state index contributed by atoms with van der Waals surface area (Å²) >= 11 is 13.3. The zero-order chi connectivity index (χ0) is 16.1. The lowest BCUT2D eigenvalue weighted by atomic mass is 10.2. The molecule has 122 valence electrons. The maximum Gasteiger partial charge on any atom is 0.253 e. The number of benzene rings is 1. The van der Waals surface area contributed by atoms with Crippen LogP contribution in [0.25, 0.3) is 0 Å². The number of carbonyl (C=O) groups excluding carboxylic acids is 1. The summed E-state index contributed by atoms with van der Waals surface area (Å²) in [5.41, 5.74) is 6.29. The van der Waals surface area contributed by atoms with Crippen LogP contribution in [0.2, 0.25) is 10.0 Å². The Morgan fingerprint density at radius 1 is 1.32 bits per heavy atom. The van der Waals surface area contributed by atoms with E-state index in [-0.39, 0.29) is 32.6 Å². The number of halogens is 2. The summed E-state index contributed by atoms with van der Waals surface area (Å²) in [6.45, 7) is 2.17. The Bertz CT molecular complexity index is 522. The van der Waals surface area contributed by atoms with Gasteiger partial charge in [-0.3, -0.25) is 4.79 Å². The Labute approximate surface area is 144 Å². The molecule has 1 aliphatic rings. The van der Waals surface area contributed by atoms with Crippen molar-refractivity contribution in [2.45, 2.75) is 43.5 Å². The summed E-state index contributed by atoms with van der Waals surface area (Å²) in [4.78, 5) is 12.2. The SMILES string of the molecule is CCCCCC1NNC(NC(=O)c2cc(Cl)c(O)c(Cl)c2)S1. The highest BCUT2D eigenvalue weighted by molar-refractivity contribution is 8.00. The average Bonchev–Trinajstić information content (AvgIpc) is 2.92. The standard InChI is InChI=1S/C14H19Cl2N3O2S/c1-2-3-4-5-11-18-19-14(22-11)17-13(21)8-6-9(15)12(20)10(16)7-8/h6-7,11,14,18-20H,2-5H2,1H3,(H,17,21). The second-order valence-corrected chi connectivity index (χ2v) is 7.18. The topological polar surface area (TPSA) is 73.4 Å². The van der Waals surface area contributed by atoms with E-state index in [9.17, 15) is 9.90 Å². The molecule has 22 heavy (non-hydrogen) atoms. The van der Waals surface area contributed by atoms with Crippen LogP contribution in [0.1, 0.15) is 43.0 Å². The highest BCUT2D eigenvalue weighted by Gasteiger charge is 2.25. The molecule has 4 N–H and O–H groups in total. The van der Waals surface area contributed by atoms with Gasteiger partial charge in [0, 0.05) is 5.56 Å². The number of hydrazine groups is 1. The second kappa shape index (κ2) is 8.26. The van der Waals surface area contributed by atoms with Crippen LogP contribution in [0.15, 0.2) is 12.1 Å². The molecule has 2 atom stereocenters. The van der Waals surface area contributed by atoms with Gasteiger partial charge in [0.05, 0.1) is 15.4 Å². The smallest absolute Gasteiger partial charge is 0.253 e. The predicted molar refractivity (Wildman–Crippen MR) is 91.2 cm³/mol. The first kappa shape index (κ1) is 17.7. The lowest BCUT2D eigenvalue weighted by Crippen LogP contribution is -2.43. The first-order valence-electron chi connectivity index (χ1n) is 7.16. The van der Waals surface area contributed by atoms with E-state index >= 15 is 0 Å². The highest BCUT2D eigenvalue weighted by Crippen LogP contribution is 2.32. The van der Waals surface area contributed by atoms with Gasteiger partial charge >= 0.3 is 0 Å². The number of thioether (sulfide) groups is 1. The van der Waals surface area contributed by atoms with E-state index in [0.717, 1.165) is 12.8 Å². The van der Waals surface area contributed by atoms with E-state index in [0.29, 0.717) is 5.56 Å². The normalized spacial score (nSPS) is 21.0. The number of phenols is 1. The molecule has 1 aromatic rings. The molecule has 0 aliphatic carbocycles. The first-order valence-corrected chi connectivity index (χ1v) is 8.86. The lowest BCUT2D eigenvalue weighted by molar-refractivity contribution is 0.0944. The number of carbonyl (C=O) groups is 1. The van der Waals surface area contributed by atoms with Crippen LogP contribution in [-0.4, -0.2) is 21.9 Å². The van der Waals surface area contributed by atoms with Crippen LogP contribution in [0, 0.1) is 0 Å². The van der Waals surface area contributed by atoms with Crippen molar-refractivity contribution in [2.24, 2.45) is 0 Å². The van der Waals surface area contributed by atoms with E-state index < -0.39 is 0 Å². The molecule has 1 aromatic carbocycles. The Kier molecular flexibility index (Phi) is 6.65. The zero-order valence-electron chi connectivity index (χ0n) is 12.2. The van der Waals surface area contributed by atoms with Crippen molar-refractivity contribution in [1.82, 2.24) is 16.2 Å². The number of amides is 1. The molecular weight excluding hydrogens is 345 g/mol. The van der Waals surface area contributed by atoms with Gasteiger partial charge in [-0.1, -0.05) is 61.1 Å². The van der Waals surface area contributed by atoms with E-state index in [2.05, 4.69) is 23.1 Å². The summed E-state index contributed by atoms with van der Waals surface area (Å²) in [5, 5.41) is 12.7. The van der Waals surface area contributed by atoms with Crippen molar-refractivity contribution in [1.29, 1.82) is 0 Å². The molecule has 1 saturated heterocycles. The molecule has 1 fully saturated rings. The molecule has 5 nitrogen and oxygen atoms in total. The number of nitrogens with one attached hydrogen (secondary N) is 3. The molecule has 0 bridgehead atoms. The number of aromatic hydroxyl groups is 1. The van der Waals surface area contributed by atoms with Crippen molar-refractivity contribution in [3.05, 3.63) is 27.7 Å². The minimum Gasteiger partial charge on any atom is -0.505 e.